The second-order valence-corrected chi connectivity index (χ2v) is 8.10. The standard InChI is InChI=1S/C19H9Cl6NO2/c20-9-2-4-11(22)17(24)15(9)13-6-1-8(7-14(27)28)19(26-13)16-10(21)3-5-12(23)18(16)25/h1-6H,7H2,(H,27,28). The maximum Gasteiger partial charge on any atom is 0.307 e. The number of aliphatic carboxylic acids is 1. The zero-order valence-corrected chi connectivity index (χ0v) is 18.3. The topological polar surface area (TPSA) is 50.2 Å². The molecule has 1 heterocycles. The number of aromatic nitrogens is 1. The first-order valence-corrected chi connectivity index (χ1v) is 9.97. The molecule has 0 fully saturated rings. The third-order valence-corrected chi connectivity index (χ3v) is 6.14. The third-order valence-electron chi connectivity index (χ3n) is 3.90. The summed E-state index contributed by atoms with van der Waals surface area (Å²) >= 11 is 37.5. The largest absolute Gasteiger partial charge is 0.481 e. The first kappa shape index (κ1) is 21.5. The molecule has 0 unspecified atom stereocenters. The van der Waals surface area contributed by atoms with Gasteiger partial charge in [0.15, 0.2) is 0 Å². The predicted octanol–water partition coefficient (Wildman–Crippen LogP) is 7.96. The van der Waals surface area contributed by atoms with Crippen LogP contribution < -0.4 is 0 Å². The lowest BCUT2D eigenvalue weighted by Crippen LogP contribution is -2.04. The molecule has 0 bridgehead atoms. The van der Waals surface area contributed by atoms with Crippen LogP contribution in [0.1, 0.15) is 5.56 Å². The van der Waals surface area contributed by atoms with E-state index < -0.39 is 5.97 Å². The average molecular weight is 496 g/mol. The molecule has 0 atom stereocenters. The molecule has 0 spiro atoms. The van der Waals surface area contributed by atoms with Gasteiger partial charge in [0.1, 0.15) is 0 Å². The molecular weight excluding hydrogens is 487 g/mol. The molecule has 0 amide bonds. The van der Waals surface area contributed by atoms with Crippen molar-refractivity contribution >= 4 is 75.6 Å². The van der Waals surface area contributed by atoms with Crippen molar-refractivity contribution in [1.82, 2.24) is 4.98 Å². The summed E-state index contributed by atoms with van der Waals surface area (Å²) in [5.74, 6) is -1.04. The lowest BCUT2D eigenvalue weighted by Gasteiger charge is -2.15. The highest BCUT2D eigenvalue weighted by Gasteiger charge is 2.21. The van der Waals surface area contributed by atoms with Gasteiger partial charge in [0.2, 0.25) is 0 Å². The zero-order valence-electron chi connectivity index (χ0n) is 13.7. The summed E-state index contributed by atoms with van der Waals surface area (Å²) in [4.78, 5) is 15.9. The van der Waals surface area contributed by atoms with Crippen LogP contribution in [0.25, 0.3) is 22.5 Å². The van der Waals surface area contributed by atoms with Gasteiger partial charge in [-0.2, -0.15) is 0 Å². The van der Waals surface area contributed by atoms with Crippen LogP contribution in [0.5, 0.6) is 0 Å². The van der Waals surface area contributed by atoms with Gasteiger partial charge in [0.25, 0.3) is 0 Å². The first-order valence-electron chi connectivity index (χ1n) is 7.70. The van der Waals surface area contributed by atoms with Crippen molar-refractivity contribution in [2.75, 3.05) is 0 Å². The van der Waals surface area contributed by atoms with Gasteiger partial charge in [-0.1, -0.05) is 75.7 Å². The lowest BCUT2D eigenvalue weighted by molar-refractivity contribution is -0.136. The van der Waals surface area contributed by atoms with E-state index in [0.29, 0.717) is 32.4 Å². The van der Waals surface area contributed by atoms with Crippen molar-refractivity contribution in [3.8, 4) is 22.5 Å². The lowest BCUT2D eigenvalue weighted by atomic mass is 10.0. The summed E-state index contributed by atoms with van der Waals surface area (Å²) in [5.41, 5.74) is 1.78. The minimum Gasteiger partial charge on any atom is -0.481 e. The summed E-state index contributed by atoms with van der Waals surface area (Å²) in [5, 5.41) is 10.8. The summed E-state index contributed by atoms with van der Waals surface area (Å²) in [6.07, 6.45) is -0.293. The number of benzene rings is 2. The fraction of sp³-hybridized carbons (Fsp3) is 0.0526. The summed E-state index contributed by atoms with van der Waals surface area (Å²) in [6, 6.07) is 9.48. The summed E-state index contributed by atoms with van der Waals surface area (Å²) in [7, 11) is 0. The first-order chi connectivity index (χ1) is 13.2. The Balaban J connectivity index is 2.33. The number of carbonyl (C=O) groups is 1. The Kier molecular flexibility index (Phi) is 6.65. The molecule has 3 aromatic rings. The second kappa shape index (κ2) is 8.66. The third kappa shape index (κ3) is 4.20. The van der Waals surface area contributed by atoms with E-state index in [2.05, 4.69) is 4.98 Å². The zero-order chi connectivity index (χ0) is 20.6. The van der Waals surface area contributed by atoms with Crippen LogP contribution in [0, 0.1) is 0 Å². The molecule has 0 radical (unpaired) electrons. The number of halogens is 6. The Hall–Kier alpha value is -1.20. The van der Waals surface area contributed by atoms with Crippen LogP contribution in [-0.4, -0.2) is 16.1 Å². The molecule has 9 heteroatoms. The molecule has 2 aromatic carbocycles. The molecule has 1 aromatic heterocycles. The predicted molar refractivity (Wildman–Crippen MR) is 117 cm³/mol. The van der Waals surface area contributed by atoms with Gasteiger partial charge in [0.05, 0.1) is 47.9 Å². The Morgan fingerprint density at radius 2 is 1.25 bits per heavy atom. The maximum absolute atomic E-state index is 11.3. The summed E-state index contributed by atoms with van der Waals surface area (Å²) < 4.78 is 0. The molecule has 0 aliphatic rings. The Bertz CT molecular complexity index is 1100. The Morgan fingerprint density at radius 3 is 1.82 bits per heavy atom. The average Bonchev–Trinajstić information content (AvgIpc) is 2.63. The van der Waals surface area contributed by atoms with Crippen molar-refractivity contribution in [2.45, 2.75) is 6.42 Å². The van der Waals surface area contributed by atoms with E-state index >= 15 is 0 Å². The van der Waals surface area contributed by atoms with Gasteiger partial charge in [-0.3, -0.25) is 4.79 Å². The fourth-order valence-electron chi connectivity index (χ4n) is 2.66. The van der Waals surface area contributed by atoms with Crippen molar-refractivity contribution in [2.24, 2.45) is 0 Å². The van der Waals surface area contributed by atoms with Crippen LogP contribution in [0.2, 0.25) is 30.1 Å². The minimum absolute atomic E-state index is 0.161. The number of rotatable bonds is 4. The van der Waals surface area contributed by atoms with Crippen molar-refractivity contribution in [1.29, 1.82) is 0 Å². The normalized spacial score (nSPS) is 10.9. The smallest absolute Gasteiger partial charge is 0.307 e. The highest BCUT2D eigenvalue weighted by Crippen LogP contribution is 2.43. The molecule has 144 valence electrons. The van der Waals surface area contributed by atoms with Crippen LogP contribution in [-0.2, 0) is 11.2 Å². The number of pyridine rings is 1. The molecule has 3 nitrogen and oxygen atoms in total. The minimum atomic E-state index is -1.04. The Labute approximate surface area is 190 Å². The maximum atomic E-state index is 11.3. The fourth-order valence-corrected chi connectivity index (χ4v) is 4.08. The molecule has 0 saturated heterocycles. The number of carboxylic acids is 1. The van der Waals surface area contributed by atoms with E-state index in [1.807, 2.05) is 0 Å². The van der Waals surface area contributed by atoms with E-state index in [-0.39, 0.29) is 32.2 Å². The van der Waals surface area contributed by atoms with Crippen LogP contribution in [0.15, 0.2) is 36.4 Å². The van der Waals surface area contributed by atoms with Gasteiger partial charge in [-0.15, -0.1) is 0 Å². The summed E-state index contributed by atoms with van der Waals surface area (Å²) in [6.45, 7) is 0. The molecule has 0 aliphatic carbocycles. The highest BCUT2D eigenvalue weighted by molar-refractivity contribution is 6.47. The van der Waals surface area contributed by atoms with E-state index in [0.717, 1.165) is 0 Å². The molecule has 0 saturated carbocycles. The number of nitrogens with zero attached hydrogens (tertiary/aromatic N) is 1. The molecular formula is C19H9Cl6NO2. The van der Waals surface area contributed by atoms with E-state index in [1.165, 1.54) is 0 Å². The van der Waals surface area contributed by atoms with E-state index in [4.69, 9.17) is 69.6 Å². The monoisotopic (exact) mass is 493 g/mol. The van der Waals surface area contributed by atoms with Gasteiger partial charge < -0.3 is 5.11 Å². The van der Waals surface area contributed by atoms with Gasteiger partial charge in [0, 0.05) is 11.1 Å². The second-order valence-electron chi connectivity index (χ2n) is 5.71. The van der Waals surface area contributed by atoms with Gasteiger partial charge >= 0.3 is 5.97 Å². The number of hydrogen-bond donors (Lipinski definition) is 1. The van der Waals surface area contributed by atoms with Crippen molar-refractivity contribution in [3.63, 3.8) is 0 Å². The van der Waals surface area contributed by atoms with E-state index in [1.54, 1.807) is 36.4 Å². The molecule has 0 aliphatic heterocycles. The van der Waals surface area contributed by atoms with Crippen LogP contribution >= 0.6 is 69.6 Å². The molecule has 3 rings (SSSR count). The SMILES string of the molecule is O=C(O)Cc1ccc(-c2c(Cl)ccc(Cl)c2Cl)nc1-c1c(Cl)ccc(Cl)c1Cl. The van der Waals surface area contributed by atoms with Gasteiger partial charge in [-0.25, -0.2) is 4.98 Å². The van der Waals surface area contributed by atoms with Crippen LogP contribution in [0.3, 0.4) is 0 Å². The van der Waals surface area contributed by atoms with Gasteiger partial charge in [-0.05, 0) is 35.9 Å². The highest BCUT2D eigenvalue weighted by atomic mass is 35.5. The van der Waals surface area contributed by atoms with Crippen molar-refractivity contribution in [3.05, 3.63) is 72.1 Å². The van der Waals surface area contributed by atoms with Crippen molar-refractivity contribution < 1.29 is 9.90 Å². The number of hydrogen-bond acceptors (Lipinski definition) is 2. The number of carboxylic acid groups (broad SMARTS) is 1. The van der Waals surface area contributed by atoms with E-state index in [9.17, 15) is 9.90 Å². The molecule has 1 N–H and O–H groups in total. The quantitative estimate of drug-likeness (QED) is 0.373. The molecule has 28 heavy (non-hydrogen) atoms. The van der Waals surface area contributed by atoms with Crippen LogP contribution in [0.4, 0.5) is 0 Å². The Morgan fingerprint density at radius 1 is 0.750 bits per heavy atom.